The number of hydrogen-bond acceptors (Lipinski definition) is 5. The van der Waals surface area contributed by atoms with Crippen LogP contribution in [0.3, 0.4) is 0 Å². The summed E-state index contributed by atoms with van der Waals surface area (Å²) in [5.74, 6) is 0.0919. The molecule has 29 heavy (non-hydrogen) atoms. The van der Waals surface area contributed by atoms with Gasteiger partial charge < -0.3 is 0 Å². The van der Waals surface area contributed by atoms with E-state index >= 15 is 0 Å². The van der Waals surface area contributed by atoms with Crippen LogP contribution in [0.2, 0.25) is 5.02 Å². The summed E-state index contributed by atoms with van der Waals surface area (Å²) in [6.07, 6.45) is 1.65. The molecule has 0 unspecified atom stereocenters. The normalized spacial score (nSPS) is 11.7. The van der Waals surface area contributed by atoms with Gasteiger partial charge in [0.1, 0.15) is 0 Å². The lowest BCUT2D eigenvalue weighted by Crippen LogP contribution is -2.19. The van der Waals surface area contributed by atoms with Crippen LogP contribution >= 0.6 is 34.7 Å². The lowest BCUT2D eigenvalue weighted by Gasteiger charge is -2.18. The number of hydrazone groups is 1. The van der Waals surface area contributed by atoms with Gasteiger partial charge in [-0.25, -0.2) is 10.4 Å². The molecule has 0 spiro atoms. The molecule has 0 aliphatic rings. The first-order valence-electron chi connectivity index (χ1n) is 9.08. The highest BCUT2D eigenvalue weighted by Crippen LogP contribution is 2.28. The summed E-state index contributed by atoms with van der Waals surface area (Å²) in [5, 5.41) is 6.71. The third-order valence-corrected chi connectivity index (χ3v) is 6.40. The van der Waals surface area contributed by atoms with Crippen LogP contribution in [0.5, 0.6) is 0 Å². The maximum absolute atomic E-state index is 12.0. The molecule has 4 nitrogen and oxygen atoms in total. The Bertz CT molecular complexity index is 990. The zero-order valence-corrected chi connectivity index (χ0v) is 18.9. The molecular formula is C22H22ClN3OS2. The fourth-order valence-electron chi connectivity index (χ4n) is 2.48. The van der Waals surface area contributed by atoms with E-state index in [0.29, 0.717) is 5.02 Å². The Labute approximate surface area is 184 Å². The number of rotatable bonds is 6. The Hall–Kier alpha value is -2.15. The van der Waals surface area contributed by atoms with Crippen LogP contribution in [0, 0.1) is 0 Å². The topological polar surface area (TPSA) is 54.4 Å². The van der Waals surface area contributed by atoms with E-state index in [-0.39, 0.29) is 17.1 Å². The predicted molar refractivity (Wildman–Crippen MR) is 124 cm³/mol. The van der Waals surface area contributed by atoms with Crippen molar-refractivity contribution in [3.05, 3.63) is 70.1 Å². The standard InChI is InChI=1S/C22H22ClN3OS2/c1-22(2,3)17-8-4-15(5-9-17)12-24-26-20(27)14-29-21-25-19(13-28-21)16-6-10-18(23)11-7-16/h4-13H,14H2,1-3H3,(H,26,27)/b24-12+. The number of thioether (sulfide) groups is 1. The van der Waals surface area contributed by atoms with Crippen molar-refractivity contribution in [3.8, 4) is 11.3 Å². The highest BCUT2D eigenvalue weighted by atomic mass is 35.5. The molecular weight excluding hydrogens is 422 g/mol. The van der Waals surface area contributed by atoms with E-state index in [1.165, 1.54) is 28.7 Å². The Kier molecular flexibility index (Phi) is 7.11. The molecule has 1 heterocycles. The monoisotopic (exact) mass is 443 g/mol. The summed E-state index contributed by atoms with van der Waals surface area (Å²) in [6, 6.07) is 15.7. The molecule has 0 bridgehead atoms. The fourth-order valence-corrected chi connectivity index (χ4v) is 4.24. The van der Waals surface area contributed by atoms with Crippen molar-refractivity contribution in [1.29, 1.82) is 0 Å². The number of thiazole rings is 1. The molecule has 0 radical (unpaired) electrons. The molecule has 1 aromatic heterocycles. The first-order valence-corrected chi connectivity index (χ1v) is 11.3. The number of hydrogen-bond donors (Lipinski definition) is 1. The van der Waals surface area contributed by atoms with Gasteiger partial charge in [0, 0.05) is 16.0 Å². The molecule has 3 aromatic rings. The molecule has 0 fully saturated rings. The minimum Gasteiger partial charge on any atom is -0.272 e. The van der Waals surface area contributed by atoms with Gasteiger partial charge in [-0.2, -0.15) is 5.10 Å². The lowest BCUT2D eigenvalue weighted by atomic mass is 9.87. The minimum absolute atomic E-state index is 0.115. The second kappa shape index (κ2) is 9.57. The number of nitrogens with zero attached hydrogens (tertiary/aromatic N) is 2. The van der Waals surface area contributed by atoms with Crippen molar-refractivity contribution in [1.82, 2.24) is 10.4 Å². The van der Waals surface area contributed by atoms with E-state index in [1.54, 1.807) is 6.21 Å². The third kappa shape index (κ3) is 6.42. The second-order valence-corrected chi connectivity index (χ2v) is 9.98. The van der Waals surface area contributed by atoms with Crippen LogP contribution in [0.4, 0.5) is 0 Å². The number of nitrogens with one attached hydrogen (secondary N) is 1. The Balaban J connectivity index is 1.48. The number of benzene rings is 2. The van der Waals surface area contributed by atoms with Crippen molar-refractivity contribution in [2.24, 2.45) is 5.10 Å². The molecule has 1 amide bonds. The molecule has 0 saturated carbocycles. The zero-order chi connectivity index (χ0) is 20.9. The molecule has 3 rings (SSSR count). The average Bonchev–Trinajstić information content (AvgIpc) is 3.16. The van der Waals surface area contributed by atoms with E-state index in [9.17, 15) is 4.79 Å². The van der Waals surface area contributed by atoms with Crippen molar-refractivity contribution in [2.45, 2.75) is 30.5 Å². The third-order valence-electron chi connectivity index (χ3n) is 4.13. The summed E-state index contributed by atoms with van der Waals surface area (Å²) in [5.41, 5.74) is 6.77. The van der Waals surface area contributed by atoms with Crippen LogP contribution in [0.1, 0.15) is 31.9 Å². The van der Waals surface area contributed by atoms with Crippen molar-refractivity contribution < 1.29 is 4.79 Å². The average molecular weight is 444 g/mol. The molecule has 150 valence electrons. The van der Waals surface area contributed by atoms with Crippen molar-refractivity contribution >= 4 is 46.8 Å². The van der Waals surface area contributed by atoms with E-state index in [2.05, 4.69) is 48.4 Å². The minimum atomic E-state index is -0.166. The van der Waals surface area contributed by atoms with Crippen LogP contribution in [0.15, 0.2) is 63.4 Å². The molecule has 0 atom stereocenters. The van der Waals surface area contributed by atoms with Gasteiger partial charge in [0.15, 0.2) is 4.34 Å². The zero-order valence-electron chi connectivity index (χ0n) is 16.5. The number of amides is 1. The van der Waals surface area contributed by atoms with Gasteiger partial charge in [0.2, 0.25) is 0 Å². The predicted octanol–water partition coefficient (Wildman–Crippen LogP) is 6.00. The molecule has 0 aliphatic heterocycles. The van der Waals surface area contributed by atoms with Crippen LogP contribution in [0.25, 0.3) is 11.3 Å². The lowest BCUT2D eigenvalue weighted by molar-refractivity contribution is -0.118. The molecule has 1 N–H and O–H groups in total. The molecule has 7 heteroatoms. The van der Waals surface area contributed by atoms with E-state index in [4.69, 9.17) is 11.6 Å². The van der Waals surface area contributed by atoms with Gasteiger partial charge in [-0.3, -0.25) is 4.79 Å². The van der Waals surface area contributed by atoms with Gasteiger partial charge in [0.25, 0.3) is 5.91 Å². The Morgan fingerprint density at radius 1 is 1.17 bits per heavy atom. The maximum Gasteiger partial charge on any atom is 0.250 e. The summed E-state index contributed by atoms with van der Waals surface area (Å²) in [4.78, 5) is 16.6. The summed E-state index contributed by atoms with van der Waals surface area (Å²) < 4.78 is 0.840. The maximum atomic E-state index is 12.0. The SMILES string of the molecule is CC(C)(C)c1ccc(/C=N/NC(=O)CSc2nc(-c3ccc(Cl)cc3)cs2)cc1. The van der Waals surface area contributed by atoms with E-state index in [0.717, 1.165) is 21.2 Å². The first kappa shape index (κ1) is 21.6. The molecule has 0 saturated heterocycles. The van der Waals surface area contributed by atoms with Crippen LogP contribution < -0.4 is 5.43 Å². The molecule has 2 aromatic carbocycles. The Morgan fingerprint density at radius 3 is 2.52 bits per heavy atom. The largest absolute Gasteiger partial charge is 0.272 e. The highest BCUT2D eigenvalue weighted by Gasteiger charge is 2.12. The van der Waals surface area contributed by atoms with Gasteiger partial charge in [-0.15, -0.1) is 11.3 Å². The highest BCUT2D eigenvalue weighted by molar-refractivity contribution is 8.01. The van der Waals surface area contributed by atoms with Gasteiger partial charge >= 0.3 is 0 Å². The number of halogens is 1. The van der Waals surface area contributed by atoms with Crippen LogP contribution in [-0.2, 0) is 10.2 Å². The van der Waals surface area contributed by atoms with Gasteiger partial charge in [-0.1, -0.05) is 80.5 Å². The second-order valence-electron chi connectivity index (χ2n) is 7.46. The summed E-state index contributed by atoms with van der Waals surface area (Å²) in [6.45, 7) is 6.53. The first-order chi connectivity index (χ1) is 13.8. The summed E-state index contributed by atoms with van der Waals surface area (Å²) in [7, 11) is 0. The van der Waals surface area contributed by atoms with E-state index in [1.807, 2.05) is 41.8 Å². The fraction of sp³-hybridized carbons (Fsp3) is 0.227. The molecule has 0 aliphatic carbocycles. The van der Waals surface area contributed by atoms with Gasteiger partial charge in [-0.05, 0) is 28.7 Å². The quantitative estimate of drug-likeness (QED) is 0.288. The smallest absolute Gasteiger partial charge is 0.250 e. The summed E-state index contributed by atoms with van der Waals surface area (Å²) >= 11 is 8.83. The van der Waals surface area contributed by atoms with E-state index < -0.39 is 0 Å². The Morgan fingerprint density at radius 2 is 1.86 bits per heavy atom. The number of carbonyl (C=O) groups excluding carboxylic acids is 1. The van der Waals surface area contributed by atoms with Crippen molar-refractivity contribution in [3.63, 3.8) is 0 Å². The number of carbonyl (C=O) groups is 1. The van der Waals surface area contributed by atoms with Crippen LogP contribution in [-0.4, -0.2) is 22.9 Å². The van der Waals surface area contributed by atoms with Crippen molar-refractivity contribution in [2.75, 3.05) is 5.75 Å². The van der Waals surface area contributed by atoms with Gasteiger partial charge in [0.05, 0.1) is 17.7 Å². The number of aromatic nitrogens is 1.